The number of nitrogens with one attached hydrogen (secondary N) is 1. The number of hydrogen-bond acceptors (Lipinski definition) is 6. The van der Waals surface area contributed by atoms with E-state index < -0.39 is 5.41 Å². The lowest BCUT2D eigenvalue weighted by Crippen LogP contribution is -2.44. The van der Waals surface area contributed by atoms with Gasteiger partial charge in [-0.1, -0.05) is 38.1 Å². The van der Waals surface area contributed by atoms with Crippen LogP contribution in [0.2, 0.25) is 0 Å². The number of nitriles is 1. The Morgan fingerprint density at radius 1 is 1.06 bits per heavy atom. The first-order chi connectivity index (χ1) is 17.0. The third kappa shape index (κ3) is 7.77. The van der Waals surface area contributed by atoms with E-state index in [1.165, 1.54) is 0 Å². The summed E-state index contributed by atoms with van der Waals surface area (Å²) < 4.78 is 16.7. The molecular weight excluding hydrogens is 474 g/mol. The molecule has 0 amide bonds. The van der Waals surface area contributed by atoms with Crippen molar-refractivity contribution in [3.05, 3.63) is 54.1 Å². The van der Waals surface area contributed by atoms with Gasteiger partial charge in [0.05, 0.1) is 25.7 Å². The molecule has 7 heteroatoms. The molecule has 6 nitrogen and oxygen atoms in total. The van der Waals surface area contributed by atoms with E-state index in [4.69, 9.17) is 14.2 Å². The summed E-state index contributed by atoms with van der Waals surface area (Å²) >= 11 is 0. The van der Waals surface area contributed by atoms with Gasteiger partial charge in [-0.05, 0) is 81.1 Å². The largest absolute Gasteiger partial charge is 0.493 e. The van der Waals surface area contributed by atoms with Crippen LogP contribution >= 0.6 is 12.4 Å². The smallest absolute Gasteiger partial charge is 0.161 e. The quantitative estimate of drug-likeness (QED) is 0.357. The van der Waals surface area contributed by atoms with E-state index in [1.54, 1.807) is 14.2 Å². The van der Waals surface area contributed by atoms with Crippen LogP contribution in [0.5, 0.6) is 17.2 Å². The molecule has 1 fully saturated rings. The second kappa shape index (κ2) is 14.9. The molecule has 2 aromatic carbocycles. The second-order valence-electron chi connectivity index (χ2n) is 9.64. The van der Waals surface area contributed by atoms with Crippen molar-refractivity contribution in [2.24, 2.45) is 5.92 Å². The van der Waals surface area contributed by atoms with Crippen molar-refractivity contribution in [2.75, 3.05) is 47.0 Å². The van der Waals surface area contributed by atoms with Crippen molar-refractivity contribution < 1.29 is 14.2 Å². The number of hydrogen-bond donors (Lipinski definition) is 1. The van der Waals surface area contributed by atoms with Gasteiger partial charge in [-0.15, -0.1) is 12.4 Å². The maximum atomic E-state index is 10.3. The van der Waals surface area contributed by atoms with Crippen LogP contribution in [0, 0.1) is 17.2 Å². The predicted octanol–water partition coefficient (Wildman–Crippen LogP) is 5.46. The summed E-state index contributed by atoms with van der Waals surface area (Å²) in [4.78, 5) is 2.48. The molecule has 3 rings (SSSR count). The van der Waals surface area contributed by atoms with Gasteiger partial charge < -0.3 is 19.5 Å². The van der Waals surface area contributed by atoms with E-state index in [2.05, 4.69) is 30.1 Å². The Morgan fingerprint density at radius 3 is 2.36 bits per heavy atom. The van der Waals surface area contributed by atoms with Gasteiger partial charge in [0.1, 0.15) is 12.4 Å². The number of nitrogens with zero attached hydrogens (tertiary/aromatic N) is 2. The van der Waals surface area contributed by atoms with Gasteiger partial charge >= 0.3 is 0 Å². The average Bonchev–Trinajstić information content (AvgIpc) is 2.90. The zero-order valence-corrected chi connectivity index (χ0v) is 23.0. The van der Waals surface area contributed by atoms with Crippen molar-refractivity contribution in [1.29, 1.82) is 5.26 Å². The minimum absolute atomic E-state index is 0. The fraction of sp³-hybridized carbons (Fsp3) is 0.552. The molecule has 1 unspecified atom stereocenters. The lowest BCUT2D eigenvalue weighted by Gasteiger charge is -2.34. The molecule has 1 heterocycles. The van der Waals surface area contributed by atoms with Gasteiger partial charge in [-0.2, -0.15) is 5.26 Å². The molecule has 2 aromatic rings. The van der Waals surface area contributed by atoms with E-state index in [1.807, 2.05) is 48.5 Å². The van der Waals surface area contributed by atoms with Crippen LogP contribution in [0.15, 0.2) is 48.5 Å². The standard InChI is InChI=1S/C29H41N3O3.ClH/c1-23(2)29(22-30,24-11-12-27(33-3)28(21-24)34-4)15-8-16-31-25-13-17-32(18-14-25)19-20-35-26-9-6-5-7-10-26;/h5-7,9-12,21,23,25,31H,8,13-20H2,1-4H3;1H. The maximum Gasteiger partial charge on any atom is 0.161 e. The maximum absolute atomic E-state index is 10.3. The zero-order chi connectivity index (χ0) is 25.1. The summed E-state index contributed by atoms with van der Waals surface area (Å²) in [5, 5.41) is 14.0. The van der Waals surface area contributed by atoms with Crippen molar-refractivity contribution in [2.45, 2.75) is 51.0 Å². The summed E-state index contributed by atoms with van der Waals surface area (Å²) in [6.45, 7) is 9.06. The van der Waals surface area contributed by atoms with E-state index >= 15 is 0 Å². The van der Waals surface area contributed by atoms with Crippen LogP contribution in [-0.4, -0.2) is 57.9 Å². The lowest BCUT2D eigenvalue weighted by molar-refractivity contribution is 0.164. The molecule has 1 saturated heterocycles. The molecule has 36 heavy (non-hydrogen) atoms. The molecule has 198 valence electrons. The highest BCUT2D eigenvalue weighted by Crippen LogP contribution is 2.40. The summed E-state index contributed by atoms with van der Waals surface area (Å²) in [5.41, 5.74) is 0.447. The fourth-order valence-electron chi connectivity index (χ4n) is 4.97. The molecule has 0 aromatic heterocycles. The first-order valence-corrected chi connectivity index (χ1v) is 12.8. The topological polar surface area (TPSA) is 66.8 Å². The third-order valence-electron chi connectivity index (χ3n) is 7.27. The average molecular weight is 516 g/mol. The van der Waals surface area contributed by atoms with Gasteiger partial charge in [0.25, 0.3) is 0 Å². The van der Waals surface area contributed by atoms with Crippen molar-refractivity contribution in [1.82, 2.24) is 10.2 Å². The molecule has 0 aliphatic carbocycles. The zero-order valence-electron chi connectivity index (χ0n) is 22.2. The number of ether oxygens (including phenoxy) is 3. The van der Waals surface area contributed by atoms with Crippen molar-refractivity contribution in [3.8, 4) is 23.3 Å². The van der Waals surface area contributed by atoms with Gasteiger partial charge in [0, 0.05) is 12.6 Å². The Hall–Kier alpha value is -2.46. The first kappa shape index (κ1) is 29.8. The number of likely N-dealkylation sites (tertiary alicyclic amines) is 1. The minimum atomic E-state index is -0.552. The molecule has 1 aliphatic heterocycles. The Kier molecular flexibility index (Phi) is 12.4. The summed E-state index contributed by atoms with van der Waals surface area (Å²) in [6.07, 6.45) is 4.05. The fourth-order valence-corrected chi connectivity index (χ4v) is 4.97. The number of para-hydroxylation sites is 1. The van der Waals surface area contributed by atoms with Crippen LogP contribution in [0.25, 0.3) is 0 Å². The summed E-state index contributed by atoms with van der Waals surface area (Å²) in [5.74, 6) is 2.48. The normalized spacial score (nSPS) is 16.0. The first-order valence-electron chi connectivity index (χ1n) is 12.8. The number of methoxy groups -OCH3 is 2. The van der Waals surface area contributed by atoms with E-state index in [9.17, 15) is 5.26 Å². The molecular formula is C29H42ClN3O3. The predicted molar refractivity (Wildman–Crippen MR) is 148 cm³/mol. The highest BCUT2D eigenvalue weighted by atomic mass is 35.5. The van der Waals surface area contributed by atoms with Gasteiger partial charge in [-0.25, -0.2) is 0 Å². The summed E-state index contributed by atoms with van der Waals surface area (Å²) in [7, 11) is 3.27. The number of piperidine rings is 1. The molecule has 1 aliphatic rings. The molecule has 1 N–H and O–H groups in total. The highest BCUT2D eigenvalue weighted by molar-refractivity contribution is 5.85. The Balaban J connectivity index is 0.00000456. The molecule has 0 bridgehead atoms. The van der Waals surface area contributed by atoms with Gasteiger partial charge in [0.15, 0.2) is 11.5 Å². The van der Waals surface area contributed by atoms with Crippen LogP contribution in [-0.2, 0) is 5.41 Å². The second-order valence-corrected chi connectivity index (χ2v) is 9.64. The van der Waals surface area contributed by atoms with E-state index in [0.717, 1.165) is 69.8 Å². The Labute approximate surface area is 223 Å². The van der Waals surface area contributed by atoms with Crippen LogP contribution in [0.4, 0.5) is 0 Å². The van der Waals surface area contributed by atoms with E-state index in [0.29, 0.717) is 17.5 Å². The number of rotatable bonds is 13. The van der Waals surface area contributed by atoms with Crippen LogP contribution < -0.4 is 19.5 Å². The van der Waals surface area contributed by atoms with Crippen LogP contribution in [0.3, 0.4) is 0 Å². The van der Waals surface area contributed by atoms with Gasteiger partial charge in [-0.3, -0.25) is 4.90 Å². The molecule has 1 atom stereocenters. The molecule has 0 spiro atoms. The SMILES string of the molecule is COc1ccc(C(C#N)(CCCNC2CCN(CCOc3ccccc3)CC2)C(C)C)cc1OC.Cl. The molecule has 0 saturated carbocycles. The van der Waals surface area contributed by atoms with Gasteiger partial charge in [0.2, 0.25) is 0 Å². The Bertz CT molecular complexity index is 943. The number of halogens is 1. The third-order valence-corrected chi connectivity index (χ3v) is 7.27. The van der Waals surface area contributed by atoms with Crippen molar-refractivity contribution in [3.63, 3.8) is 0 Å². The minimum Gasteiger partial charge on any atom is -0.493 e. The monoisotopic (exact) mass is 515 g/mol. The number of benzene rings is 2. The highest BCUT2D eigenvalue weighted by Gasteiger charge is 2.36. The molecule has 0 radical (unpaired) electrons. The Morgan fingerprint density at radius 2 is 1.75 bits per heavy atom. The van der Waals surface area contributed by atoms with Crippen LogP contribution in [0.1, 0.15) is 45.1 Å². The lowest BCUT2D eigenvalue weighted by atomic mass is 9.69. The van der Waals surface area contributed by atoms with E-state index in [-0.39, 0.29) is 18.3 Å². The summed E-state index contributed by atoms with van der Waals surface area (Å²) in [6, 6.07) is 19.1. The van der Waals surface area contributed by atoms with Crippen molar-refractivity contribution >= 4 is 12.4 Å².